The van der Waals surface area contributed by atoms with E-state index < -0.39 is 0 Å². The highest BCUT2D eigenvalue weighted by Gasteiger charge is 2.29. The Kier molecular flexibility index (Phi) is 4.22. The molecule has 1 N–H and O–H groups in total. The van der Waals surface area contributed by atoms with Gasteiger partial charge >= 0.3 is 0 Å². The Morgan fingerprint density at radius 1 is 1.38 bits per heavy atom. The summed E-state index contributed by atoms with van der Waals surface area (Å²) in [5.41, 5.74) is 3.48. The van der Waals surface area contributed by atoms with Crippen LogP contribution in [0.2, 0.25) is 5.02 Å². The Bertz CT molecular complexity index is 644. The van der Waals surface area contributed by atoms with Gasteiger partial charge in [0, 0.05) is 23.9 Å². The number of benzene rings is 1. The molecule has 4 heteroatoms. The number of hydrogen-bond donors (Lipinski definition) is 1. The molecule has 1 heterocycles. The van der Waals surface area contributed by atoms with E-state index in [1.807, 2.05) is 19.3 Å². The van der Waals surface area contributed by atoms with E-state index in [-0.39, 0.29) is 16.9 Å². The first-order valence-electron chi connectivity index (χ1n) is 7.26. The molecule has 0 radical (unpaired) electrons. The molecule has 2 nitrogen and oxygen atoms in total. The van der Waals surface area contributed by atoms with E-state index in [0.29, 0.717) is 5.92 Å². The van der Waals surface area contributed by atoms with Crippen LogP contribution in [0.1, 0.15) is 41.6 Å². The fourth-order valence-corrected chi connectivity index (χ4v) is 3.46. The number of nitrogens with zero attached hydrogens (tertiary/aromatic N) is 1. The van der Waals surface area contributed by atoms with Gasteiger partial charge in [0.05, 0.1) is 5.02 Å². The Morgan fingerprint density at radius 2 is 2.24 bits per heavy atom. The van der Waals surface area contributed by atoms with Gasteiger partial charge in [-0.1, -0.05) is 23.7 Å². The van der Waals surface area contributed by atoms with Crippen molar-refractivity contribution >= 4 is 11.6 Å². The second-order valence-electron chi connectivity index (χ2n) is 5.49. The maximum Gasteiger partial charge on any atom is 0.141 e. The van der Waals surface area contributed by atoms with Crippen LogP contribution in [-0.4, -0.2) is 12.0 Å². The summed E-state index contributed by atoms with van der Waals surface area (Å²) in [5, 5.41) is 3.53. The summed E-state index contributed by atoms with van der Waals surface area (Å²) in [4.78, 5) is 4.59. The zero-order valence-corrected chi connectivity index (χ0v) is 12.7. The first-order chi connectivity index (χ1) is 10.2. The second kappa shape index (κ2) is 6.12. The van der Waals surface area contributed by atoms with Gasteiger partial charge in [0.15, 0.2) is 0 Å². The van der Waals surface area contributed by atoms with E-state index in [1.54, 1.807) is 12.1 Å². The number of nitrogens with one attached hydrogen (secondary N) is 1. The molecule has 0 amide bonds. The van der Waals surface area contributed by atoms with Crippen LogP contribution in [0.3, 0.4) is 0 Å². The number of rotatable bonds is 3. The van der Waals surface area contributed by atoms with Crippen molar-refractivity contribution in [3.05, 3.63) is 64.2 Å². The van der Waals surface area contributed by atoms with Gasteiger partial charge < -0.3 is 5.32 Å². The van der Waals surface area contributed by atoms with Gasteiger partial charge in [0.1, 0.15) is 5.82 Å². The van der Waals surface area contributed by atoms with Crippen molar-refractivity contribution in [1.82, 2.24) is 10.3 Å². The Balaban J connectivity index is 1.99. The minimum absolute atomic E-state index is 0.0945. The molecule has 2 unspecified atom stereocenters. The zero-order valence-electron chi connectivity index (χ0n) is 11.9. The van der Waals surface area contributed by atoms with E-state index in [2.05, 4.69) is 16.4 Å². The zero-order chi connectivity index (χ0) is 14.8. The largest absolute Gasteiger partial charge is 0.312 e. The summed E-state index contributed by atoms with van der Waals surface area (Å²) in [6.07, 6.45) is 5.16. The minimum atomic E-state index is -0.377. The maximum absolute atomic E-state index is 13.4. The number of aryl methyl sites for hydroxylation is 1. The second-order valence-corrected chi connectivity index (χ2v) is 5.89. The SMILES string of the molecule is CNC(c1ccc(F)c(Cl)c1)C1CCCc2cccnc21. The molecule has 0 fully saturated rings. The van der Waals surface area contributed by atoms with E-state index in [4.69, 9.17) is 11.6 Å². The number of pyridine rings is 1. The lowest BCUT2D eigenvalue weighted by molar-refractivity contribution is 0.415. The average Bonchev–Trinajstić information content (AvgIpc) is 2.52. The number of likely N-dealkylation sites (N-methyl/N-ethyl adjacent to an activating group) is 1. The van der Waals surface area contributed by atoms with Gasteiger partial charge in [-0.25, -0.2) is 4.39 Å². The third-order valence-corrected chi connectivity index (χ3v) is 4.54. The summed E-state index contributed by atoms with van der Waals surface area (Å²) in [5.74, 6) is -0.0843. The lowest BCUT2D eigenvalue weighted by Gasteiger charge is -2.31. The van der Waals surface area contributed by atoms with Crippen LogP contribution in [0.25, 0.3) is 0 Å². The van der Waals surface area contributed by atoms with Crippen LogP contribution in [0, 0.1) is 5.82 Å². The normalized spacial score (nSPS) is 19.1. The van der Waals surface area contributed by atoms with Gasteiger partial charge in [0.25, 0.3) is 0 Å². The molecule has 3 rings (SSSR count). The van der Waals surface area contributed by atoms with E-state index in [1.165, 1.54) is 11.6 Å². The van der Waals surface area contributed by atoms with Crippen molar-refractivity contribution in [1.29, 1.82) is 0 Å². The van der Waals surface area contributed by atoms with Crippen LogP contribution in [-0.2, 0) is 6.42 Å². The predicted octanol–water partition coefficient (Wildman–Crippen LogP) is 4.25. The molecule has 1 aliphatic carbocycles. The highest BCUT2D eigenvalue weighted by atomic mass is 35.5. The highest BCUT2D eigenvalue weighted by molar-refractivity contribution is 6.30. The van der Waals surface area contributed by atoms with Crippen LogP contribution in [0.5, 0.6) is 0 Å². The standard InChI is InChI=1S/C17H18ClFN2/c1-20-16(12-7-8-15(19)14(18)10-12)13-6-2-4-11-5-3-9-21-17(11)13/h3,5,7-10,13,16,20H,2,4,6H2,1H3. The lowest BCUT2D eigenvalue weighted by Crippen LogP contribution is -2.27. The molecular formula is C17H18ClFN2. The summed E-state index contributed by atoms with van der Waals surface area (Å²) in [6.45, 7) is 0. The van der Waals surface area contributed by atoms with Crippen LogP contribution >= 0.6 is 11.6 Å². The quantitative estimate of drug-likeness (QED) is 0.916. The summed E-state index contributed by atoms with van der Waals surface area (Å²) < 4.78 is 13.4. The fourth-order valence-electron chi connectivity index (χ4n) is 3.28. The molecule has 1 aromatic carbocycles. The van der Waals surface area contributed by atoms with Crippen LogP contribution in [0.4, 0.5) is 4.39 Å². The fraction of sp³-hybridized carbons (Fsp3) is 0.353. The molecule has 0 saturated heterocycles. The molecule has 0 spiro atoms. The molecule has 110 valence electrons. The Hall–Kier alpha value is -1.45. The molecule has 1 aromatic heterocycles. The average molecular weight is 305 g/mol. The third kappa shape index (κ3) is 2.81. The smallest absolute Gasteiger partial charge is 0.141 e. The topological polar surface area (TPSA) is 24.9 Å². The maximum atomic E-state index is 13.4. The van der Waals surface area contributed by atoms with E-state index in [9.17, 15) is 4.39 Å². The number of halogens is 2. The van der Waals surface area contributed by atoms with Crippen LogP contribution < -0.4 is 5.32 Å². The number of fused-ring (bicyclic) bond motifs is 1. The molecule has 2 aromatic rings. The number of hydrogen-bond acceptors (Lipinski definition) is 2. The molecule has 0 saturated carbocycles. The summed E-state index contributed by atoms with van der Waals surface area (Å²) in [6, 6.07) is 9.19. The monoisotopic (exact) mass is 304 g/mol. The van der Waals surface area contributed by atoms with Gasteiger partial charge in [-0.3, -0.25) is 4.98 Å². The van der Waals surface area contributed by atoms with E-state index in [0.717, 1.165) is 30.5 Å². The summed E-state index contributed by atoms with van der Waals surface area (Å²) in [7, 11) is 1.93. The number of aromatic nitrogens is 1. The molecule has 21 heavy (non-hydrogen) atoms. The van der Waals surface area contributed by atoms with Crippen molar-refractivity contribution in [2.45, 2.75) is 31.2 Å². The van der Waals surface area contributed by atoms with Crippen molar-refractivity contribution in [2.75, 3.05) is 7.05 Å². The molecule has 2 atom stereocenters. The van der Waals surface area contributed by atoms with Crippen LogP contribution in [0.15, 0.2) is 36.5 Å². The molecule has 1 aliphatic rings. The van der Waals surface area contributed by atoms with Gasteiger partial charge in [-0.05, 0) is 55.6 Å². The minimum Gasteiger partial charge on any atom is -0.312 e. The Morgan fingerprint density at radius 3 is 3.00 bits per heavy atom. The van der Waals surface area contributed by atoms with Gasteiger partial charge in [-0.2, -0.15) is 0 Å². The van der Waals surface area contributed by atoms with Crippen molar-refractivity contribution in [3.63, 3.8) is 0 Å². The molecule has 0 bridgehead atoms. The summed E-state index contributed by atoms with van der Waals surface area (Å²) >= 11 is 5.94. The predicted molar refractivity (Wildman–Crippen MR) is 83.1 cm³/mol. The first-order valence-corrected chi connectivity index (χ1v) is 7.64. The van der Waals surface area contributed by atoms with Gasteiger partial charge in [-0.15, -0.1) is 0 Å². The Labute approximate surface area is 129 Å². The third-order valence-electron chi connectivity index (χ3n) is 4.25. The molecule has 0 aliphatic heterocycles. The lowest BCUT2D eigenvalue weighted by atomic mass is 9.79. The first kappa shape index (κ1) is 14.5. The highest BCUT2D eigenvalue weighted by Crippen LogP contribution is 2.39. The van der Waals surface area contributed by atoms with Gasteiger partial charge in [0.2, 0.25) is 0 Å². The molecular weight excluding hydrogens is 287 g/mol. The van der Waals surface area contributed by atoms with Crippen molar-refractivity contribution < 1.29 is 4.39 Å². The van der Waals surface area contributed by atoms with E-state index >= 15 is 0 Å². The van der Waals surface area contributed by atoms with Crippen molar-refractivity contribution in [3.8, 4) is 0 Å². The van der Waals surface area contributed by atoms with Crippen molar-refractivity contribution in [2.24, 2.45) is 0 Å².